The van der Waals surface area contributed by atoms with E-state index in [0.717, 1.165) is 10.9 Å². The van der Waals surface area contributed by atoms with Gasteiger partial charge < -0.3 is 10.1 Å². The standard InChI is InChI=1S/C17H16N4O3S/c1-2-24-17(23)21-16-19-11(10-25-16)9-15(22)20-14-7-3-6-13-12(14)5-4-8-18-13/h3-8,10H,2,9H2,1H3,(H,20,22)(H,19,21,23). The molecular weight excluding hydrogens is 340 g/mol. The molecule has 25 heavy (non-hydrogen) atoms. The fraction of sp³-hybridized carbons (Fsp3) is 0.176. The highest BCUT2D eigenvalue weighted by molar-refractivity contribution is 7.13. The van der Waals surface area contributed by atoms with Crippen molar-refractivity contribution in [3.8, 4) is 0 Å². The third-order valence-corrected chi connectivity index (χ3v) is 4.10. The Labute approximate surface area is 148 Å². The average molecular weight is 356 g/mol. The van der Waals surface area contributed by atoms with E-state index in [2.05, 4.69) is 20.6 Å². The number of nitrogens with zero attached hydrogens (tertiary/aromatic N) is 2. The molecule has 0 aliphatic rings. The highest BCUT2D eigenvalue weighted by atomic mass is 32.1. The van der Waals surface area contributed by atoms with Crippen LogP contribution >= 0.6 is 11.3 Å². The lowest BCUT2D eigenvalue weighted by Crippen LogP contribution is -2.15. The first-order valence-corrected chi connectivity index (χ1v) is 8.55. The summed E-state index contributed by atoms with van der Waals surface area (Å²) in [5.74, 6) is -0.190. The minimum absolute atomic E-state index is 0.109. The van der Waals surface area contributed by atoms with Crippen LogP contribution in [-0.2, 0) is 16.0 Å². The summed E-state index contributed by atoms with van der Waals surface area (Å²) in [6.45, 7) is 2.01. The molecule has 0 radical (unpaired) electrons. The molecule has 3 rings (SSSR count). The normalized spacial score (nSPS) is 10.4. The molecule has 8 heteroatoms. The topological polar surface area (TPSA) is 93.2 Å². The number of amides is 2. The molecule has 0 saturated carbocycles. The van der Waals surface area contributed by atoms with Crippen molar-refractivity contribution in [2.45, 2.75) is 13.3 Å². The number of anilines is 2. The van der Waals surface area contributed by atoms with Gasteiger partial charge >= 0.3 is 6.09 Å². The molecule has 0 atom stereocenters. The number of nitrogens with one attached hydrogen (secondary N) is 2. The predicted molar refractivity (Wildman–Crippen MR) is 96.8 cm³/mol. The Balaban J connectivity index is 1.65. The van der Waals surface area contributed by atoms with Crippen LogP contribution in [0.2, 0.25) is 0 Å². The lowest BCUT2D eigenvalue weighted by atomic mass is 10.2. The number of carbonyl (C=O) groups is 2. The summed E-state index contributed by atoms with van der Waals surface area (Å²) in [4.78, 5) is 32.1. The van der Waals surface area contributed by atoms with Gasteiger partial charge in [0.1, 0.15) is 0 Å². The zero-order chi connectivity index (χ0) is 17.6. The molecule has 2 amide bonds. The number of benzene rings is 1. The molecule has 7 nitrogen and oxygen atoms in total. The number of hydrogen-bond donors (Lipinski definition) is 2. The van der Waals surface area contributed by atoms with Crippen molar-refractivity contribution >= 4 is 45.1 Å². The van der Waals surface area contributed by atoms with Gasteiger partial charge in [-0.15, -0.1) is 11.3 Å². The van der Waals surface area contributed by atoms with Crippen molar-refractivity contribution in [2.75, 3.05) is 17.2 Å². The van der Waals surface area contributed by atoms with Crippen LogP contribution in [0.5, 0.6) is 0 Å². The van der Waals surface area contributed by atoms with Crippen molar-refractivity contribution in [1.29, 1.82) is 0 Å². The maximum atomic E-state index is 12.3. The molecule has 0 saturated heterocycles. The number of pyridine rings is 1. The van der Waals surface area contributed by atoms with E-state index in [1.165, 1.54) is 11.3 Å². The monoisotopic (exact) mass is 356 g/mol. The van der Waals surface area contributed by atoms with Crippen LogP contribution in [0.15, 0.2) is 41.9 Å². The number of thiazole rings is 1. The zero-order valence-corrected chi connectivity index (χ0v) is 14.3. The van der Waals surface area contributed by atoms with E-state index in [1.54, 1.807) is 18.5 Å². The van der Waals surface area contributed by atoms with Gasteiger partial charge in [0.15, 0.2) is 5.13 Å². The Hall–Kier alpha value is -3.00. The molecule has 0 spiro atoms. The quantitative estimate of drug-likeness (QED) is 0.730. The average Bonchev–Trinajstić information content (AvgIpc) is 3.02. The van der Waals surface area contributed by atoms with Crippen molar-refractivity contribution < 1.29 is 14.3 Å². The second-order valence-corrected chi connectivity index (χ2v) is 5.95. The lowest BCUT2D eigenvalue weighted by Gasteiger charge is -2.07. The summed E-state index contributed by atoms with van der Waals surface area (Å²) in [6.07, 6.45) is 1.26. The van der Waals surface area contributed by atoms with Crippen LogP contribution in [0.1, 0.15) is 12.6 Å². The van der Waals surface area contributed by atoms with E-state index < -0.39 is 6.09 Å². The first-order valence-electron chi connectivity index (χ1n) is 7.67. The first-order chi connectivity index (χ1) is 12.2. The van der Waals surface area contributed by atoms with E-state index in [4.69, 9.17) is 4.74 Å². The van der Waals surface area contributed by atoms with Crippen molar-refractivity contribution in [3.05, 3.63) is 47.6 Å². The van der Waals surface area contributed by atoms with E-state index in [-0.39, 0.29) is 18.9 Å². The van der Waals surface area contributed by atoms with Crippen LogP contribution in [0.3, 0.4) is 0 Å². The van der Waals surface area contributed by atoms with E-state index >= 15 is 0 Å². The van der Waals surface area contributed by atoms with E-state index in [0.29, 0.717) is 16.5 Å². The molecule has 0 aliphatic carbocycles. The van der Waals surface area contributed by atoms with Gasteiger partial charge in [-0.3, -0.25) is 15.1 Å². The first kappa shape index (κ1) is 16.8. The van der Waals surface area contributed by atoms with E-state index in [1.807, 2.05) is 30.3 Å². The molecular formula is C17H16N4O3S. The van der Waals surface area contributed by atoms with Gasteiger partial charge in [0.05, 0.1) is 29.9 Å². The van der Waals surface area contributed by atoms with Crippen LogP contribution in [0, 0.1) is 0 Å². The van der Waals surface area contributed by atoms with Crippen LogP contribution in [0.25, 0.3) is 10.9 Å². The molecule has 3 aromatic rings. The maximum absolute atomic E-state index is 12.3. The molecule has 2 aromatic heterocycles. The van der Waals surface area contributed by atoms with Gasteiger partial charge in [-0.2, -0.15) is 0 Å². The van der Waals surface area contributed by atoms with E-state index in [9.17, 15) is 9.59 Å². The third-order valence-electron chi connectivity index (χ3n) is 3.30. The Bertz CT molecular complexity index is 904. The Morgan fingerprint density at radius 3 is 2.92 bits per heavy atom. The molecule has 0 bridgehead atoms. The molecule has 0 aliphatic heterocycles. The molecule has 2 heterocycles. The lowest BCUT2D eigenvalue weighted by molar-refractivity contribution is -0.115. The number of ether oxygens (including phenoxy) is 1. The number of fused-ring (bicyclic) bond motifs is 1. The SMILES string of the molecule is CCOC(=O)Nc1nc(CC(=O)Nc2cccc3ncccc23)cs1. The summed E-state index contributed by atoms with van der Waals surface area (Å²) < 4.78 is 4.79. The van der Waals surface area contributed by atoms with Crippen LogP contribution in [0.4, 0.5) is 15.6 Å². The fourth-order valence-electron chi connectivity index (χ4n) is 2.27. The fourth-order valence-corrected chi connectivity index (χ4v) is 2.97. The zero-order valence-electron chi connectivity index (χ0n) is 13.5. The predicted octanol–water partition coefficient (Wildman–Crippen LogP) is 3.44. The molecule has 2 N–H and O–H groups in total. The number of rotatable bonds is 5. The van der Waals surface area contributed by atoms with Gasteiger partial charge in [0.2, 0.25) is 5.91 Å². The molecule has 0 fully saturated rings. The second-order valence-electron chi connectivity index (χ2n) is 5.09. The highest BCUT2D eigenvalue weighted by Gasteiger charge is 2.11. The maximum Gasteiger partial charge on any atom is 0.413 e. The Morgan fingerprint density at radius 1 is 1.20 bits per heavy atom. The summed E-state index contributed by atoms with van der Waals surface area (Å²) in [7, 11) is 0. The molecule has 0 unspecified atom stereocenters. The Morgan fingerprint density at radius 2 is 2.08 bits per heavy atom. The minimum Gasteiger partial charge on any atom is -0.450 e. The second kappa shape index (κ2) is 7.71. The summed E-state index contributed by atoms with van der Waals surface area (Å²) in [6, 6.07) is 9.29. The van der Waals surface area contributed by atoms with Crippen molar-refractivity contribution in [1.82, 2.24) is 9.97 Å². The third kappa shape index (κ3) is 4.30. The number of hydrogen-bond acceptors (Lipinski definition) is 6. The van der Waals surface area contributed by atoms with Gasteiger partial charge in [-0.25, -0.2) is 9.78 Å². The van der Waals surface area contributed by atoms with Gasteiger partial charge in [-0.05, 0) is 31.2 Å². The highest BCUT2D eigenvalue weighted by Crippen LogP contribution is 2.22. The summed E-state index contributed by atoms with van der Waals surface area (Å²) >= 11 is 1.24. The van der Waals surface area contributed by atoms with Crippen molar-refractivity contribution in [3.63, 3.8) is 0 Å². The number of aromatic nitrogens is 2. The van der Waals surface area contributed by atoms with Gasteiger partial charge in [0.25, 0.3) is 0 Å². The summed E-state index contributed by atoms with van der Waals surface area (Å²) in [5, 5.41) is 8.40. The van der Waals surface area contributed by atoms with Crippen LogP contribution < -0.4 is 10.6 Å². The largest absolute Gasteiger partial charge is 0.450 e. The molecule has 1 aromatic carbocycles. The van der Waals surface area contributed by atoms with Crippen molar-refractivity contribution in [2.24, 2.45) is 0 Å². The van der Waals surface area contributed by atoms with Crippen LogP contribution in [-0.4, -0.2) is 28.6 Å². The minimum atomic E-state index is -0.559. The molecule has 128 valence electrons. The summed E-state index contributed by atoms with van der Waals surface area (Å²) in [5.41, 5.74) is 2.10. The van der Waals surface area contributed by atoms with Gasteiger partial charge in [-0.1, -0.05) is 6.07 Å². The smallest absolute Gasteiger partial charge is 0.413 e. The number of carbonyl (C=O) groups excluding carboxylic acids is 2. The Kier molecular flexibility index (Phi) is 5.20. The van der Waals surface area contributed by atoms with Gasteiger partial charge in [0, 0.05) is 17.0 Å².